The first-order valence-corrected chi connectivity index (χ1v) is 8.35. The van der Waals surface area contributed by atoms with Crippen LogP contribution in [-0.4, -0.2) is 32.0 Å². The number of nitrogens with one attached hydrogen (secondary N) is 3. The van der Waals surface area contributed by atoms with Crippen molar-refractivity contribution >= 4 is 17.5 Å². The van der Waals surface area contributed by atoms with E-state index in [1.807, 2.05) is 0 Å². The maximum Gasteiger partial charge on any atom is 0.279 e. The maximum absolute atomic E-state index is 13.7. The Morgan fingerprint density at radius 3 is 2.19 bits per heavy atom. The lowest BCUT2D eigenvalue weighted by atomic mass is 10.1. The summed E-state index contributed by atoms with van der Waals surface area (Å²) in [5.74, 6) is -2.53. The first-order chi connectivity index (χ1) is 12.7. The van der Waals surface area contributed by atoms with Crippen LogP contribution in [0.3, 0.4) is 0 Å². The lowest BCUT2D eigenvalue weighted by Crippen LogP contribution is -3.11. The highest BCUT2D eigenvalue weighted by atomic mass is 19.1. The quantitative estimate of drug-likeness (QED) is 0.681. The minimum Gasteiger partial charge on any atom is -0.345 e. The molecule has 0 aliphatic heterocycles. The van der Waals surface area contributed by atoms with E-state index in [0.29, 0.717) is 10.6 Å². The lowest BCUT2D eigenvalue weighted by molar-refractivity contribution is -0.862. The Kier molecular flexibility index (Phi) is 6.95. The molecule has 5 nitrogen and oxygen atoms in total. The highest BCUT2D eigenvalue weighted by Crippen LogP contribution is 2.17. The van der Waals surface area contributed by atoms with E-state index in [1.165, 1.54) is 30.3 Å². The fraction of sp³-hybridized carbons (Fsp3) is 0.263. The van der Waals surface area contributed by atoms with Gasteiger partial charge >= 0.3 is 0 Å². The number of quaternary nitrogens is 1. The molecule has 0 bridgehead atoms. The number of hydrogen-bond acceptors (Lipinski definition) is 2. The summed E-state index contributed by atoms with van der Waals surface area (Å²) in [7, 11) is 1.66. The Labute approximate surface area is 155 Å². The number of halogens is 3. The van der Waals surface area contributed by atoms with Gasteiger partial charge in [-0.15, -0.1) is 0 Å². The summed E-state index contributed by atoms with van der Waals surface area (Å²) in [5.41, 5.74) is 0.635. The molecule has 0 aromatic heterocycles. The molecule has 0 heterocycles. The smallest absolute Gasteiger partial charge is 0.279 e. The number of carbonyl (C=O) groups is 2. The zero-order chi connectivity index (χ0) is 20.0. The average Bonchev–Trinajstić information content (AvgIpc) is 2.56. The molecule has 0 saturated heterocycles. The van der Waals surface area contributed by atoms with Gasteiger partial charge in [-0.1, -0.05) is 6.07 Å². The Bertz CT molecular complexity index is 812. The standard InChI is InChI=1S/C19H20F3N3O2/c1-12(16-8-5-14(21)9-17(16)22)23-18(26)10-25(2)11-19(27)24-15-6-3-13(20)4-7-15/h3-9,12H,10-11H2,1-2H3,(H,23,26)(H,24,27)/p+1/t12-/m0/s1. The van der Waals surface area contributed by atoms with Crippen molar-refractivity contribution in [2.75, 3.05) is 25.5 Å². The number of benzene rings is 2. The van der Waals surface area contributed by atoms with Gasteiger partial charge < -0.3 is 15.5 Å². The zero-order valence-electron chi connectivity index (χ0n) is 15.0. The van der Waals surface area contributed by atoms with Crippen LogP contribution in [0.5, 0.6) is 0 Å². The number of amides is 2. The summed E-state index contributed by atoms with van der Waals surface area (Å²) in [5, 5.41) is 5.23. The van der Waals surface area contributed by atoms with Crippen molar-refractivity contribution in [2.45, 2.75) is 13.0 Å². The molecule has 0 aliphatic carbocycles. The van der Waals surface area contributed by atoms with E-state index in [4.69, 9.17) is 0 Å². The lowest BCUT2D eigenvalue weighted by Gasteiger charge is -2.17. The number of rotatable bonds is 7. The van der Waals surface area contributed by atoms with Gasteiger partial charge in [0.2, 0.25) is 0 Å². The van der Waals surface area contributed by atoms with Crippen molar-refractivity contribution in [2.24, 2.45) is 0 Å². The molecule has 3 N–H and O–H groups in total. The van der Waals surface area contributed by atoms with Crippen molar-refractivity contribution in [3.05, 3.63) is 65.5 Å². The van der Waals surface area contributed by atoms with Crippen LogP contribution in [0.4, 0.5) is 18.9 Å². The summed E-state index contributed by atoms with van der Waals surface area (Å²) in [6.45, 7) is 1.60. The molecule has 27 heavy (non-hydrogen) atoms. The topological polar surface area (TPSA) is 62.6 Å². The van der Waals surface area contributed by atoms with Crippen LogP contribution in [0, 0.1) is 17.5 Å². The largest absolute Gasteiger partial charge is 0.345 e. The number of likely N-dealkylation sites (N-methyl/N-ethyl adjacent to an activating group) is 1. The van der Waals surface area contributed by atoms with Crippen LogP contribution in [-0.2, 0) is 9.59 Å². The Morgan fingerprint density at radius 1 is 0.963 bits per heavy atom. The Morgan fingerprint density at radius 2 is 1.56 bits per heavy atom. The molecule has 8 heteroatoms. The third kappa shape index (κ3) is 6.41. The second-order valence-electron chi connectivity index (χ2n) is 6.32. The monoisotopic (exact) mass is 380 g/mol. The van der Waals surface area contributed by atoms with E-state index < -0.39 is 23.5 Å². The van der Waals surface area contributed by atoms with Crippen molar-refractivity contribution in [1.82, 2.24) is 5.32 Å². The third-order valence-corrected chi connectivity index (χ3v) is 3.86. The predicted molar refractivity (Wildman–Crippen MR) is 94.6 cm³/mol. The highest BCUT2D eigenvalue weighted by molar-refractivity contribution is 5.91. The molecule has 0 aliphatic rings. The summed E-state index contributed by atoms with van der Waals surface area (Å²) in [4.78, 5) is 24.7. The van der Waals surface area contributed by atoms with Crippen molar-refractivity contribution in [1.29, 1.82) is 0 Å². The van der Waals surface area contributed by atoms with E-state index in [-0.39, 0.29) is 30.5 Å². The fourth-order valence-electron chi connectivity index (χ4n) is 2.57. The molecule has 2 rings (SSSR count). The molecule has 1 unspecified atom stereocenters. The molecule has 0 fully saturated rings. The Balaban J connectivity index is 1.82. The van der Waals surface area contributed by atoms with Crippen LogP contribution >= 0.6 is 0 Å². The van der Waals surface area contributed by atoms with Gasteiger partial charge in [0, 0.05) is 17.3 Å². The first-order valence-electron chi connectivity index (χ1n) is 8.35. The number of anilines is 1. The Hall–Kier alpha value is -2.87. The van der Waals surface area contributed by atoms with Gasteiger partial charge in [0.15, 0.2) is 13.1 Å². The van der Waals surface area contributed by atoms with Crippen LogP contribution in [0.15, 0.2) is 42.5 Å². The van der Waals surface area contributed by atoms with Crippen molar-refractivity contribution in [3.8, 4) is 0 Å². The summed E-state index contributed by atoms with van der Waals surface area (Å²) < 4.78 is 39.5. The molecule has 0 radical (unpaired) electrons. The van der Waals surface area contributed by atoms with Crippen LogP contribution in [0.1, 0.15) is 18.5 Å². The second-order valence-corrected chi connectivity index (χ2v) is 6.32. The predicted octanol–water partition coefficient (Wildman–Crippen LogP) is 1.43. The molecule has 2 amide bonds. The normalized spacial score (nSPS) is 12.9. The minimum atomic E-state index is -0.734. The number of hydrogen-bond donors (Lipinski definition) is 3. The van der Waals surface area contributed by atoms with E-state index in [9.17, 15) is 22.8 Å². The average molecular weight is 380 g/mol. The van der Waals surface area contributed by atoms with Gasteiger partial charge in [-0.05, 0) is 37.3 Å². The molecule has 2 aromatic rings. The molecule has 2 aromatic carbocycles. The summed E-state index contributed by atoms with van der Waals surface area (Å²) in [6, 6.07) is 7.86. The van der Waals surface area contributed by atoms with E-state index in [2.05, 4.69) is 10.6 Å². The number of carbonyl (C=O) groups excluding carboxylic acids is 2. The van der Waals surface area contributed by atoms with Crippen molar-refractivity contribution < 1.29 is 27.7 Å². The van der Waals surface area contributed by atoms with Gasteiger partial charge in [-0.3, -0.25) is 9.59 Å². The maximum atomic E-state index is 13.7. The van der Waals surface area contributed by atoms with Gasteiger partial charge in [0.05, 0.1) is 13.1 Å². The van der Waals surface area contributed by atoms with Gasteiger partial charge in [0.25, 0.3) is 11.8 Å². The molecular formula is C19H21F3N3O2+. The third-order valence-electron chi connectivity index (χ3n) is 3.86. The van der Waals surface area contributed by atoms with Gasteiger partial charge in [-0.25, -0.2) is 13.2 Å². The molecule has 0 spiro atoms. The second kappa shape index (κ2) is 9.18. The highest BCUT2D eigenvalue weighted by Gasteiger charge is 2.18. The van der Waals surface area contributed by atoms with E-state index >= 15 is 0 Å². The summed E-state index contributed by atoms with van der Waals surface area (Å²) in [6.07, 6.45) is 0. The van der Waals surface area contributed by atoms with E-state index in [0.717, 1.165) is 12.1 Å². The van der Waals surface area contributed by atoms with E-state index in [1.54, 1.807) is 14.0 Å². The minimum absolute atomic E-state index is 0.00993. The molecule has 0 saturated carbocycles. The first kappa shape index (κ1) is 20.4. The van der Waals surface area contributed by atoms with Crippen LogP contribution < -0.4 is 15.5 Å². The van der Waals surface area contributed by atoms with Crippen molar-refractivity contribution in [3.63, 3.8) is 0 Å². The molecule has 144 valence electrons. The molecular weight excluding hydrogens is 359 g/mol. The zero-order valence-corrected chi connectivity index (χ0v) is 15.0. The van der Waals surface area contributed by atoms with Crippen LogP contribution in [0.25, 0.3) is 0 Å². The van der Waals surface area contributed by atoms with Gasteiger partial charge in [0.1, 0.15) is 17.5 Å². The molecule has 2 atom stereocenters. The summed E-state index contributed by atoms with van der Waals surface area (Å²) >= 11 is 0. The van der Waals surface area contributed by atoms with Crippen LogP contribution in [0.2, 0.25) is 0 Å². The SMILES string of the molecule is C[C@H](NC(=O)C[NH+](C)CC(=O)Nc1ccc(F)cc1)c1ccc(F)cc1F. The fourth-order valence-corrected chi connectivity index (χ4v) is 2.57. The van der Waals surface area contributed by atoms with Gasteiger partial charge in [-0.2, -0.15) is 0 Å².